The molecule has 33 heavy (non-hydrogen) atoms. The average Bonchev–Trinajstić information content (AvgIpc) is 3.03. The summed E-state index contributed by atoms with van der Waals surface area (Å²) in [6, 6.07) is 9.66. The van der Waals surface area contributed by atoms with Crippen LogP contribution in [0.4, 0.5) is 14.5 Å². The van der Waals surface area contributed by atoms with E-state index in [2.05, 4.69) is 14.7 Å². The summed E-state index contributed by atoms with van der Waals surface area (Å²) in [6.07, 6.45) is 0. The van der Waals surface area contributed by atoms with Crippen LogP contribution in [0.25, 0.3) is 22.2 Å². The number of benzene rings is 2. The molecule has 2 aromatic heterocycles. The highest BCUT2D eigenvalue weighted by molar-refractivity contribution is 7.92. The Morgan fingerprint density at radius 1 is 1.00 bits per heavy atom. The normalized spacial score (nSPS) is 11.7. The number of rotatable bonds is 6. The molecule has 0 aliphatic rings. The molecule has 2 heterocycles. The van der Waals surface area contributed by atoms with Gasteiger partial charge in [0.25, 0.3) is 0 Å². The van der Waals surface area contributed by atoms with Crippen LogP contribution in [0.1, 0.15) is 23.9 Å². The van der Waals surface area contributed by atoms with Gasteiger partial charge < -0.3 is 9.72 Å². The van der Waals surface area contributed by atoms with Crippen LogP contribution >= 0.6 is 0 Å². The molecular formula is C24H23F2N3O3S. The summed E-state index contributed by atoms with van der Waals surface area (Å²) in [4.78, 5) is 7.83. The highest BCUT2D eigenvalue weighted by atomic mass is 32.2. The van der Waals surface area contributed by atoms with Crippen molar-refractivity contribution in [3.8, 4) is 22.6 Å². The number of H-pyrrole nitrogens is 1. The van der Waals surface area contributed by atoms with Crippen LogP contribution in [0.5, 0.6) is 11.5 Å². The maximum Gasteiger partial charge on any atom is 0.232 e. The second-order valence-corrected chi connectivity index (χ2v) is 9.81. The predicted octanol–water partition coefficient (Wildman–Crippen LogP) is 5.99. The Labute approximate surface area is 190 Å². The number of fused-ring (bicyclic) bond motifs is 1. The molecule has 0 amide bonds. The molecular weight excluding hydrogens is 448 g/mol. The molecule has 0 atom stereocenters. The zero-order valence-electron chi connectivity index (χ0n) is 18.6. The molecule has 0 unspecified atom stereocenters. The van der Waals surface area contributed by atoms with Crippen molar-refractivity contribution in [1.29, 1.82) is 0 Å². The largest absolute Gasteiger partial charge is 0.454 e. The molecule has 172 valence electrons. The Morgan fingerprint density at radius 2 is 1.73 bits per heavy atom. The van der Waals surface area contributed by atoms with Gasteiger partial charge in [0.05, 0.1) is 5.75 Å². The SMILES string of the molecule is CCS(=O)(=O)Nc1ccc(Oc2ccc(F)cc2F)c(-c2cc(C)nc3[nH]c(C)c(C)c23)c1. The first-order chi connectivity index (χ1) is 15.6. The van der Waals surface area contributed by atoms with Crippen LogP contribution < -0.4 is 9.46 Å². The van der Waals surface area contributed by atoms with Gasteiger partial charge in [-0.05, 0) is 75.2 Å². The van der Waals surface area contributed by atoms with Crippen molar-refractivity contribution in [2.75, 3.05) is 10.5 Å². The molecule has 4 aromatic rings. The van der Waals surface area contributed by atoms with Crippen molar-refractivity contribution in [3.63, 3.8) is 0 Å². The number of aromatic amines is 1. The smallest absolute Gasteiger partial charge is 0.232 e. The zero-order chi connectivity index (χ0) is 23.9. The number of hydrogen-bond donors (Lipinski definition) is 2. The molecule has 0 saturated carbocycles. The van der Waals surface area contributed by atoms with Gasteiger partial charge in [0.2, 0.25) is 10.0 Å². The summed E-state index contributed by atoms with van der Waals surface area (Å²) in [6.45, 7) is 7.28. The van der Waals surface area contributed by atoms with E-state index >= 15 is 0 Å². The summed E-state index contributed by atoms with van der Waals surface area (Å²) in [5.41, 5.74) is 4.95. The maximum absolute atomic E-state index is 14.3. The van der Waals surface area contributed by atoms with Crippen LogP contribution in [-0.4, -0.2) is 24.1 Å². The summed E-state index contributed by atoms with van der Waals surface area (Å²) >= 11 is 0. The van der Waals surface area contributed by atoms with Crippen LogP contribution in [0.2, 0.25) is 0 Å². The van der Waals surface area contributed by atoms with E-state index in [1.807, 2.05) is 26.8 Å². The molecule has 0 fully saturated rings. The third kappa shape index (κ3) is 4.54. The van der Waals surface area contributed by atoms with Gasteiger partial charge in [-0.1, -0.05) is 0 Å². The number of hydrogen-bond acceptors (Lipinski definition) is 4. The van der Waals surface area contributed by atoms with Gasteiger partial charge in [-0.2, -0.15) is 0 Å². The predicted molar refractivity (Wildman–Crippen MR) is 125 cm³/mol. The fourth-order valence-electron chi connectivity index (χ4n) is 3.64. The van der Waals surface area contributed by atoms with Crippen molar-refractivity contribution < 1.29 is 21.9 Å². The minimum Gasteiger partial charge on any atom is -0.454 e. The van der Waals surface area contributed by atoms with E-state index in [4.69, 9.17) is 4.74 Å². The van der Waals surface area contributed by atoms with E-state index in [1.165, 1.54) is 12.1 Å². The van der Waals surface area contributed by atoms with E-state index in [1.54, 1.807) is 19.1 Å². The second-order valence-electron chi connectivity index (χ2n) is 7.80. The van der Waals surface area contributed by atoms with Gasteiger partial charge in [0, 0.05) is 34.1 Å². The lowest BCUT2D eigenvalue weighted by Crippen LogP contribution is -2.14. The van der Waals surface area contributed by atoms with Crippen LogP contribution in [0.15, 0.2) is 42.5 Å². The van der Waals surface area contributed by atoms with Crippen LogP contribution in [0, 0.1) is 32.4 Å². The first-order valence-corrected chi connectivity index (χ1v) is 12.0. The topological polar surface area (TPSA) is 84.1 Å². The lowest BCUT2D eigenvalue weighted by molar-refractivity contribution is 0.439. The monoisotopic (exact) mass is 471 g/mol. The first-order valence-electron chi connectivity index (χ1n) is 10.3. The molecule has 0 saturated heterocycles. The van der Waals surface area contributed by atoms with E-state index < -0.39 is 21.7 Å². The molecule has 0 aliphatic heterocycles. The summed E-state index contributed by atoms with van der Waals surface area (Å²) in [7, 11) is -3.52. The molecule has 0 spiro atoms. The Hall–Kier alpha value is -3.46. The van der Waals surface area contributed by atoms with Gasteiger partial charge in [-0.15, -0.1) is 0 Å². The Balaban J connectivity index is 1.95. The number of anilines is 1. The summed E-state index contributed by atoms with van der Waals surface area (Å²) < 4.78 is 60.4. The quantitative estimate of drug-likeness (QED) is 0.362. The third-order valence-electron chi connectivity index (χ3n) is 5.43. The van der Waals surface area contributed by atoms with E-state index in [0.717, 1.165) is 40.0 Å². The third-order valence-corrected chi connectivity index (χ3v) is 6.73. The molecule has 2 N–H and O–H groups in total. The molecule has 9 heteroatoms. The molecule has 6 nitrogen and oxygen atoms in total. The van der Waals surface area contributed by atoms with Crippen molar-refractivity contribution >= 4 is 26.7 Å². The minimum absolute atomic E-state index is 0.0872. The Bertz CT molecular complexity index is 1480. The van der Waals surface area contributed by atoms with Gasteiger partial charge in [-0.3, -0.25) is 4.72 Å². The van der Waals surface area contributed by atoms with Crippen molar-refractivity contribution in [2.24, 2.45) is 0 Å². The summed E-state index contributed by atoms with van der Waals surface area (Å²) in [5, 5.41) is 0.845. The molecule has 0 aliphatic carbocycles. The number of nitrogens with zero attached hydrogens (tertiary/aromatic N) is 1. The van der Waals surface area contributed by atoms with Crippen LogP contribution in [0.3, 0.4) is 0 Å². The highest BCUT2D eigenvalue weighted by Crippen LogP contribution is 2.41. The van der Waals surface area contributed by atoms with Crippen molar-refractivity contribution in [3.05, 3.63) is 71.1 Å². The molecule has 0 bridgehead atoms. The van der Waals surface area contributed by atoms with E-state index in [0.29, 0.717) is 16.9 Å². The van der Waals surface area contributed by atoms with Gasteiger partial charge in [-0.25, -0.2) is 22.2 Å². The lowest BCUT2D eigenvalue weighted by Gasteiger charge is -2.16. The van der Waals surface area contributed by atoms with Gasteiger partial charge in [0.1, 0.15) is 17.2 Å². The van der Waals surface area contributed by atoms with Crippen molar-refractivity contribution in [2.45, 2.75) is 27.7 Å². The molecule has 2 aromatic carbocycles. The zero-order valence-corrected chi connectivity index (χ0v) is 19.4. The number of halogens is 2. The number of nitrogens with one attached hydrogen (secondary N) is 2. The second kappa shape index (κ2) is 8.47. The number of aromatic nitrogens is 2. The Morgan fingerprint density at radius 3 is 2.42 bits per heavy atom. The highest BCUT2D eigenvalue weighted by Gasteiger charge is 2.19. The fraction of sp³-hybridized carbons (Fsp3) is 0.208. The van der Waals surface area contributed by atoms with E-state index in [-0.39, 0.29) is 17.3 Å². The van der Waals surface area contributed by atoms with Crippen LogP contribution in [-0.2, 0) is 10.0 Å². The van der Waals surface area contributed by atoms with E-state index in [9.17, 15) is 17.2 Å². The van der Waals surface area contributed by atoms with Crippen molar-refractivity contribution in [1.82, 2.24) is 9.97 Å². The number of ether oxygens (including phenoxy) is 1. The first kappa shape index (κ1) is 22.7. The fourth-order valence-corrected chi connectivity index (χ4v) is 4.27. The lowest BCUT2D eigenvalue weighted by atomic mass is 9.98. The van der Waals surface area contributed by atoms with Gasteiger partial charge >= 0.3 is 0 Å². The number of sulfonamides is 1. The molecule has 4 rings (SSSR count). The standard InChI is InChI=1S/C24H23F2N3O3S/c1-5-33(30,31)29-17-7-9-21(32-22-8-6-16(25)11-20(22)26)18(12-17)19-10-13(2)27-24-23(19)14(3)15(4)28-24/h6-12,29H,5H2,1-4H3,(H,27,28). The average molecular weight is 472 g/mol. The molecule has 0 radical (unpaired) electrons. The maximum atomic E-state index is 14.3. The minimum atomic E-state index is -3.52. The number of aryl methyl sites for hydroxylation is 3. The Kier molecular flexibility index (Phi) is 5.84. The van der Waals surface area contributed by atoms with Gasteiger partial charge in [0.15, 0.2) is 11.6 Å². The number of pyridine rings is 1. The summed E-state index contributed by atoms with van der Waals surface area (Å²) in [5.74, 6) is -1.51.